The molecule has 0 aliphatic heterocycles. The molecule has 1 fully saturated rings. The molecular weight excluding hydrogens is 320 g/mol. The lowest BCUT2D eigenvalue weighted by atomic mass is 10.0. The van der Waals surface area contributed by atoms with E-state index in [1.54, 1.807) is 23.7 Å². The highest BCUT2D eigenvalue weighted by molar-refractivity contribution is 7.15. The van der Waals surface area contributed by atoms with Crippen LogP contribution in [0.2, 0.25) is 0 Å². The molecule has 24 heavy (non-hydrogen) atoms. The van der Waals surface area contributed by atoms with Crippen molar-refractivity contribution in [2.75, 3.05) is 0 Å². The molecule has 122 valence electrons. The maximum Gasteiger partial charge on any atom is 0.238 e. The van der Waals surface area contributed by atoms with Crippen LogP contribution in [-0.4, -0.2) is 25.4 Å². The van der Waals surface area contributed by atoms with Gasteiger partial charge in [-0.25, -0.2) is 9.97 Å². The number of carbonyl (C=O) groups excluding carboxylic acids is 1. The van der Waals surface area contributed by atoms with Crippen molar-refractivity contribution in [3.63, 3.8) is 0 Å². The molecule has 0 aromatic carbocycles. The Hall–Kier alpha value is -2.34. The van der Waals surface area contributed by atoms with Crippen LogP contribution >= 0.6 is 11.3 Å². The third kappa shape index (κ3) is 2.78. The zero-order valence-corrected chi connectivity index (χ0v) is 14.5. The lowest BCUT2D eigenvalue weighted by molar-refractivity contribution is 0.0914. The minimum Gasteiger partial charge on any atom is -0.276 e. The second-order valence-electron chi connectivity index (χ2n) is 6.55. The van der Waals surface area contributed by atoms with Gasteiger partial charge in [0.2, 0.25) is 5.91 Å². The summed E-state index contributed by atoms with van der Waals surface area (Å²) in [6.45, 7) is 4.25. The van der Waals surface area contributed by atoms with Crippen LogP contribution in [0, 0.1) is 6.92 Å². The summed E-state index contributed by atoms with van der Waals surface area (Å²) < 4.78 is 1.49. The lowest BCUT2D eigenvalue weighted by Crippen LogP contribution is -2.11. The quantitative estimate of drug-likeness (QED) is 0.728. The van der Waals surface area contributed by atoms with Crippen molar-refractivity contribution in [2.45, 2.75) is 38.5 Å². The predicted octanol–water partition coefficient (Wildman–Crippen LogP) is 3.64. The molecule has 0 N–H and O–H groups in total. The van der Waals surface area contributed by atoms with E-state index in [9.17, 15) is 4.79 Å². The molecule has 0 spiro atoms. The zero-order valence-electron chi connectivity index (χ0n) is 13.7. The van der Waals surface area contributed by atoms with E-state index in [-0.39, 0.29) is 17.7 Å². The fourth-order valence-electron chi connectivity index (χ4n) is 2.77. The van der Waals surface area contributed by atoms with Gasteiger partial charge >= 0.3 is 0 Å². The number of nitrogens with zero attached hydrogens (tertiary/aromatic N) is 4. The van der Waals surface area contributed by atoms with Crippen molar-refractivity contribution in [1.82, 2.24) is 19.5 Å². The number of hydrogen-bond donors (Lipinski definition) is 0. The van der Waals surface area contributed by atoms with Crippen LogP contribution in [0.3, 0.4) is 0 Å². The van der Waals surface area contributed by atoms with Gasteiger partial charge in [-0.05, 0) is 37.5 Å². The molecule has 4 rings (SSSR count). The van der Waals surface area contributed by atoms with E-state index < -0.39 is 0 Å². The topological polar surface area (TPSA) is 60.7 Å². The summed E-state index contributed by atoms with van der Waals surface area (Å²) in [4.78, 5) is 26.4. The van der Waals surface area contributed by atoms with E-state index in [0.29, 0.717) is 0 Å². The fraction of sp³-hybridized carbons (Fsp3) is 0.333. The number of carbonyl (C=O) groups is 1. The van der Waals surface area contributed by atoms with Gasteiger partial charge in [0, 0.05) is 29.7 Å². The van der Waals surface area contributed by atoms with E-state index in [0.717, 1.165) is 26.8 Å². The van der Waals surface area contributed by atoms with Crippen LogP contribution in [0.1, 0.15) is 41.0 Å². The van der Waals surface area contributed by atoms with Crippen molar-refractivity contribution in [1.29, 1.82) is 0 Å². The predicted molar refractivity (Wildman–Crippen MR) is 93.2 cm³/mol. The molecule has 0 bridgehead atoms. The summed E-state index contributed by atoms with van der Waals surface area (Å²) >= 11 is 1.58. The summed E-state index contributed by atoms with van der Waals surface area (Å²) in [5.74, 6) is -0.0197. The molecule has 1 aliphatic carbocycles. The Balaban J connectivity index is 1.61. The molecule has 6 heteroatoms. The Morgan fingerprint density at radius 1 is 1.38 bits per heavy atom. The number of imidazole rings is 1. The SMILES string of the molecule is Cc1nc(CC(=O)n2ccnc2)sc1-c1ccnc(C2(C)CC2)c1. The zero-order chi connectivity index (χ0) is 16.7. The van der Waals surface area contributed by atoms with Crippen molar-refractivity contribution in [3.05, 3.63) is 53.4 Å². The van der Waals surface area contributed by atoms with Gasteiger partial charge in [-0.3, -0.25) is 14.3 Å². The molecule has 3 aromatic heterocycles. The van der Waals surface area contributed by atoms with Crippen LogP contribution in [0.4, 0.5) is 0 Å². The van der Waals surface area contributed by atoms with Crippen molar-refractivity contribution in [2.24, 2.45) is 0 Å². The second kappa shape index (κ2) is 5.63. The maximum atomic E-state index is 12.2. The molecule has 0 unspecified atom stereocenters. The Bertz CT molecular complexity index is 894. The minimum absolute atomic E-state index is 0.0197. The van der Waals surface area contributed by atoms with Crippen LogP contribution in [-0.2, 0) is 11.8 Å². The van der Waals surface area contributed by atoms with Gasteiger partial charge < -0.3 is 0 Å². The number of pyridine rings is 1. The van der Waals surface area contributed by atoms with Crippen LogP contribution in [0.25, 0.3) is 10.4 Å². The smallest absolute Gasteiger partial charge is 0.238 e. The molecular formula is C18H18N4OS. The van der Waals surface area contributed by atoms with Crippen LogP contribution in [0.5, 0.6) is 0 Å². The lowest BCUT2D eigenvalue weighted by Gasteiger charge is -2.08. The number of aromatic nitrogens is 4. The summed E-state index contributed by atoms with van der Waals surface area (Å²) in [5.41, 5.74) is 3.51. The third-order valence-corrected chi connectivity index (χ3v) is 5.78. The van der Waals surface area contributed by atoms with Crippen molar-refractivity contribution in [3.8, 4) is 10.4 Å². The highest BCUT2D eigenvalue weighted by atomic mass is 32.1. The highest BCUT2D eigenvalue weighted by Gasteiger charge is 2.40. The fourth-order valence-corrected chi connectivity index (χ4v) is 3.82. The molecule has 1 aliphatic rings. The molecule has 0 saturated heterocycles. The Kier molecular flexibility index (Phi) is 3.57. The first-order valence-electron chi connectivity index (χ1n) is 7.99. The average molecular weight is 338 g/mol. The second-order valence-corrected chi connectivity index (χ2v) is 7.64. The number of rotatable bonds is 4. The van der Waals surface area contributed by atoms with Gasteiger partial charge in [-0.15, -0.1) is 11.3 Å². The van der Waals surface area contributed by atoms with E-state index in [1.807, 2.05) is 19.2 Å². The maximum absolute atomic E-state index is 12.2. The first kappa shape index (κ1) is 15.2. The largest absolute Gasteiger partial charge is 0.276 e. The monoisotopic (exact) mass is 338 g/mol. The molecule has 0 radical (unpaired) electrons. The summed E-state index contributed by atoms with van der Waals surface area (Å²) in [6.07, 6.45) is 9.37. The van der Waals surface area contributed by atoms with Gasteiger partial charge in [-0.2, -0.15) is 0 Å². The van der Waals surface area contributed by atoms with Crippen molar-refractivity contribution < 1.29 is 4.79 Å². The average Bonchev–Trinajstić information content (AvgIpc) is 3.00. The summed E-state index contributed by atoms with van der Waals surface area (Å²) in [6, 6.07) is 4.20. The van der Waals surface area contributed by atoms with Crippen molar-refractivity contribution >= 4 is 17.2 Å². The van der Waals surface area contributed by atoms with E-state index in [1.165, 1.54) is 23.7 Å². The summed E-state index contributed by atoms with van der Waals surface area (Å²) in [5, 5.41) is 0.831. The molecule has 3 aromatic rings. The number of thiazole rings is 1. The molecule has 1 saturated carbocycles. The normalized spacial score (nSPS) is 15.4. The minimum atomic E-state index is -0.0197. The van der Waals surface area contributed by atoms with Gasteiger partial charge in [0.1, 0.15) is 11.3 Å². The molecule has 3 heterocycles. The standard InChI is InChI=1S/C18H18N4OS/c1-12-17(13-3-6-20-14(9-13)18(2)4-5-18)24-15(21-12)10-16(23)22-8-7-19-11-22/h3,6-9,11H,4-5,10H2,1-2H3. The van der Waals surface area contributed by atoms with E-state index in [2.05, 4.69) is 27.9 Å². The highest BCUT2D eigenvalue weighted by Crippen LogP contribution is 2.47. The van der Waals surface area contributed by atoms with Crippen LogP contribution in [0.15, 0.2) is 37.1 Å². The molecule has 0 amide bonds. The molecule has 0 atom stereocenters. The first-order chi connectivity index (χ1) is 11.5. The van der Waals surface area contributed by atoms with Gasteiger partial charge in [0.25, 0.3) is 0 Å². The van der Waals surface area contributed by atoms with Crippen LogP contribution < -0.4 is 0 Å². The van der Waals surface area contributed by atoms with E-state index in [4.69, 9.17) is 0 Å². The molecule has 5 nitrogen and oxygen atoms in total. The Morgan fingerprint density at radius 3 is 2.92 bits per heavy atom. The van der Waals surface area contributed by atoms with Gasteiger partial charge in [-0.1, -0.05) is 6.92 Å². The third-order valence-electron chi connectivity index (χ3n) is 4.58. The Labute approximate surface area is 144 Å². The van der Waals surface area contributed by atoms with Gasteiger partial charge in [0.15, 0.2) is 0 Å². The first-order valence-corrected chi connectivity index (χ1v) is 8.81. The van der Waals surface area contributed by atoms with Gasteiger partial charge in [0.05, 0.1) is 17.0 Å². The Morgan fingerprint density at radius 2 is 2.21 bits per heavy atom. The number of aryl methyl sites for hydroxylation is 1. The summed E-state index contributed by atoms with van der Waals surface area (Å²) in [7, 11) is 0. The number of hydrogen-bond acceptors (Lipinski definition) is 5. The van der Waals surface area contributed by atoms with E-state index >= 15 is 0 Å².